The molecule has 0 amide bonds. The first-order valence-electron chi connectivity index (χ1n) is 5.78. The molecule has 0 unspecified atom stereocenters. The Morgan fingerprint density at radius 3 is 2.44 bits per heavy atom. The Kier molecular flexibility index (Phi) is 2.46. The first-order chi connectivity index (χ1) is 8.50. The first-order valence-corrected chi connectivity index (χ1v) is 6.59. The van der Waals surface area contributed by atoms with Crippen molar-refractivity contribution in [3.63, 3.8) is 0 Å². The zero-order valence-electron chi connectivity index (χ0n) is 10.2. The Hall–Kier alpha value is -1.40. The molecule has 2 saturated heterocycles. The average molecular weight is 278 g/mol. The van der Waals surface area contributed by atoms with Gasteiger partial charge < -0.3 is 10.6 Å². The Morgan fingerprint density at radius 1 is 1.11 bits per heavy atom. The summed E-state index contributed by atoms with van der Waals surface area (Å²) in [7, 11) is 0. The van der Waals surface area contributed by atoms with Crippen LogP contribution in [0.4, 0.5) is 5.69 Å². The molecule has 3 rings (SSSR count). The van der Waals surface area contributed by atoms with Crippen molar-refractivity contribution >= 4 is 40.3 Å². The summed E-state index contributed by atoms with van der Waals surface area (Å²) >= 11 is 10.8. The smallest absolute Gasteiger partial charge is 0.194 e. The van der Waals surface area contributed by atoms with Gasteiger partial charge in [-0.05, 0) is 50.4 Å². The van der Waals surface area contributed by atoms with Gasteiger partial charge in [0.1, 0.15) is 6.17 Å². The van der Waals surface area contributed by atoms with Crippen LogP contribution in [0.15, 0.2) is 30.3 Å². The first kappa shape index (κ1) is 11.7. The van der Waals surface area contributed by atoms with E-state index >= 15 is 0 Å². The lowest BCUT2D eigenvalue weighted by Crippen LogP contribution is -2.49. The molecule has 2 heterocycles. The van der Waals surface area contributed by atoms with Crippen LogP contribution in [-0.2, 0) is 0 Å². The van der Waals surface area contributed by atoms with Gasteiger partial charge >= 0.3 is 0 Å². The maximum atomic E-state index is 5.42. The second-order valence-corrected chi connectivity index (χ2v) is 5.77. The van der Waals surface area contributed by atoms with Gasteiger partial charge in [-0.15, -0.1) is 0 Å². The zero-order valence-corrected chi connectivity index (χ0v) is 11.8. The minimum Gasteiger partial charge on any atom is -0.352 e. The molecule has 1 aromatic carbocycles. The lowest BCUT2D eigenvalue weighted by molar-refractivity contribution is 0.280. The topological polar surface area (TPSA) is 30.5 Å². The molecule has 0 bridgehead atoms. The fraction of sp³-hybridized carbons (Fsp3) is 0.333. The van der Waals surface area contributed by atoms with E-state index in [-0.39, 0.29) is 11.7 Å². The van der Waals surface area contributed by atoms with Crippen LogP contribution in [0, 0.1) is 0 Å². The summed E-state index contributed by atoms with van der Waals surface area (Å²) in [6.07, 6.45) is 0.0534. The molecule has 0 aliphatic carbocycles. The van der Waals surface area contributed by atoms with Gasteiger partial charge in [-0.3, -0.25) is 0 Å². The molecular formula is C12H14N4S2. The Morgan fingerprint density at radius 2 is 1.78 bits per heavy atom. The van der Waals surface area contributed by atoms with Crippen LogP contribution < -0.4 is 15.6 Å². The van der Waals surface area contributed by atoms with Crippen molar-refractivity contribution in [2.75, 3.05) is 5.01 Å². The summed E-state index contributed by atoms with van der Waals surface area (Å²) in [5.74, 6) is 0. The number of anilines is 1. The van der Waals surface area contributed by atoms with Crippen molar-refractivity contribution < 1.29 is 0 Å². The largest absolute Gasteiger partial charge is 0.352 e. The number of hydrazine groups is 1. The standard InChI is InChI=1S/C12H14N4S2/c1-12(2)9-13-10(17)15(16(9)11(18)14-12)8-6-4-3-5-7-8/h3-7,9H,1-2H3,(H,13,17)(H,14,18)/t9-/m0/s1. The lowest BCUT2D eigenvalue weighted by Gasteiger charge is -2.28. The molecule has 0 radical (unpaired) electrons. The van der Waals surface area contributed by atoms with E-state index in [9.17, 15) is 0 Å². The molecule has 4 nitrogen and oxygen atoms in total. The number of fused-ring (bicyclic) bond motifs is 1. The fourth-order valence-electron chi connectivity index (χ4n) is 2.36. The molecule has 6 heteroatoms. The fourth-order valence-corrected chi connectivity index (χ4v) is 3.11. The number of thiocarbonyl (C=S) groups is 2. The molecule has 2 N–H and O–H groups in total. The summed E-state index contributed by atoms with van der Waals surface area (Å²) in [6, 6.07) is 10.00. The van der Waals surface area contributed by atoms with Crippen LogP contribution in [0.2, 0.25) is 0 Å². The molecule has 0 aromatic heterocycles. The van der Waals surface area contributed by atoms with Crippen LogP contribution in [-0.4, -0.2) is 26.9 Å². The van der Waals surface area contributed by atoms with E-state index in [1.54, 1.807) is 0 Å². The van der Waals surface area contributed by atoms with E-state index in [4.69, 9.17) is 24.4 Å². The third-order valence-electron chi connectivity index (χ3n) is 3.23. The number of nitrogens with zero attached hydrogens (tertiary/aromatic N) is 2. The third-order valence-corrected chi connectivity index (χ3v) is 3.81. The molecule has 2 fully saturated rings. The van der Waals surface area contributed by atoms with E-state index < -0.39 is 0 Å². The third kappa shape index (κ3) is 1.56. The minimum absolute atomic E-state index is 0.0534. The van der Waals surface area contributed by atoms with Crippen molar-refractivity contribution in [1.29, 1.82) is 0 Å². The van der Waals surface area contributed by atoms with Crippen molar-refractivity contribution in [3.05, 3.63) is 30.3 Å². The number of rotatable bonds is 1. The highest BCUT2D eigenvalue weighted by Gasteiger charge is 2.51. The molecule has 2 aliphatic heterocycles. The quantitative estimate of drug-likeness (QED) is 0.759. The molecule has 94 valence electrons. The summed E-state index contributed by atoms with van der Waals surface area (Å²) in [5.41, 5.74) is 0.865. The van der Waals surface area contributed by atoms with Gasteiger partial charge in [0.05, 0.1) is 11.2 Å². The highest BCUT2D eigenvalue weighted by molar-refractivity contribution is 7.81. The van der Waals surface area contributed by atoms with Gasteiger partial charge in [0.15, 0.2) is 10.2 Å². The second kappa shape index (κ2) is 3.80. The Labute approximate surface area is 117 Å². The Balaban J connectivity index is 2.02. The highest BCUT2D eigenvalue weighted by atomic mass is 32.1. The van der Waals surface area contributed by atoms with E-state index in [2.05, 4.69) is 24.5 Å². The van der Waals surface area contributed by atoms with Gasteiger partial charge in [-0.2, -0.15) is 0 Å². The van der Waals surface area contributed by atoms with Crippen molar-refractivity contribution in [1.82, 2.24) is 15.6 Å². The summed E-state index contributed by atoms with van der Waals surface area (Å²) in [5, 5.41) is 12.0. The van der Waals surface area contributed by atoms with Gasteiger partial charge in [0, 0.05) is 0 Å². The van der Waals surface area contributed by atoms with E-state index in [1.807, 2.05) is 40.3 Å². The van der Waals surface area contributed by atoms with Crippen LogP contribution in [0.25, 0.3) is 0 Å². The van der Waals surface area contributed by atoms with E-state index in [0.29, 0.717) is 10.2 Å². The predicted molar refractivity (Wildman–Crippen MR) is 80.1 cm³/mol. The monoisotopic (exact) mass is 278 g/mol. The van der Waals surface area contributed by atoms with Gasteiger partial charge in [-0.1, -0.05) is 18.2 Å². The molecule has 0 saturated carbocycles. The molecule has 1 aromatic rings. The normalized spacial score (nSPS) is 24.9. The molecular weight excluding hydrogens is 264 g/mol. The number of para-hydroxylation sites is 1. The molecule has 0 spiro atoms. The number of hydrogen-bond donors (Lipinski definition) is 2. The highest BCUT2D eigenvalue weighted by Crippen LogP contribution is 2.31. The maximum Gasteiger partial charge on any atom is 0.194 e. The number of benzene rings is 1. The van der Waals surface area contributed by atoms with Crippen LogP contribution >= 0.6 is 24.4 Å². The molecule has 2 aliphatic rings. The van der Waals surface area contributed by atoms with Crippen LogP contribution in [0.1, 0.15) is 13.8 Å². The minimum atomic E-state index is -0.148. The average Bonchev–Trinajstić information content (AvgIpc) is 2.77. The molecule has 1 atom stereocenters. The van der Waals surface area contributed by atoms with Crippen LogP contribution in [0.5, 0.6) is 0 Å². The van der Waals surface area contributed by atoms with Crippen molar-refractivity contribution in [2.24, 2.45) is 0 Å². The van der Waals surface area contributed by atoms with Gasteiger partial charge in [-0.25, -0.2) is 10.0 Å². The lowest BCUT2D eigenvalue weighted by atomic mass is 10.0. The predicted octanol–water partition coefficient (Wildman–Crippen LogP) is 1.59. The summed E-state index contributed by atoms with van der Waals surface area (Å²) < 4.78 is 0. The van der Waals surface area contributed by atoms with Crippen LogP contribution in [0.3, 0.4) is 0 Å². The number of hydrogen-bond acceptors (Lipinski definition) is 2. The van der Waals surface area contributed by atoms with E-state index in [0.717, 1.165) is 5.69 Å². The summed E-state index contributed by atoms with van der Waals surface area (Å²) in [4.78, 5) is 0. The summed E-state index contributed by atoms with van der Waals surface area (Å²) in [6.45, 7) is 4.21. The SMILES string of the molecule is CC1(C)NC(=S)N2[C@@H]1NC(=S)N2c1ccccc1. The molecule has 18 heavy (non-hydrogen) atoms. The van der Waals surface area contributed by atoms with Gasteiger partial charge in [0.2, 0.25) is 0 Å². The van der Waals surface area contributed by atoms with Gasteiger partial charge in [0.25, 0.3) is 0 Å². The number of nitrogens with one attached hydrogen (secondary N) is 2. The Bertz CT molecular complexity index is 514. The van der Waals surface area contributed by atoms with Crippen molar-refractivity contribution in [3.8, 4) is 0 Å². The second-order valence-electron chi connectivity index (χ2n) is 5.00. The maximum absolute atomic E-state index is 5.42. The van der Waals surface area contributed by atoms with Crippen molar-refractivity contribution in [2.45, 2.75) is 25.6 Å². The zero-order chi connectivity index (χ0) is 12.9. The van der Waals surface area contributed by atoms with E-state index in [1.165, 1.54) is 0 Å².